The van der Waals surface area contributed by atoms with E-state index in [1.165, 1.54) is 19.3 Å². The summed E-state index contributed by atoms with van der Waals surface area (Å²) in [7, 11) is 0. The molecule has 1 fully saturated rings. The summed E-state index contributed by atoms with van der Waals surface area (Å²) >= 11 is 0. The molecule has 4 nitrogen and oxygen atoms in total. The molecule has 1 aliphatic carbocycles. The molecule has 1 saturated carbocycles. The number of hydrogen-bond acceptors (Lipinski definition) is 3. The number of nitrogens with one attached hydrogen (secondary N) is 2. The molecule has 2 N–H and O–H groups in total. The summed E-state index contributed by atoms with van der Waals surface area (Å²) in [5, 5.41) is 6.37. The van der Waals surface area contributed by atoms with Crippen LogP contribution in [0, 0.1) is 5.92 Å². The number of aromatic nitrogens is 1. The monoisotopic (exact) mass is 289 g/mol. The molecule has 0 bridgehead atoms. The highest BCUT2D eigenvalue weighted by Gasteiger charge is 2.22. The van der Waals surface area contributed by atoms with E-state index in [0.717, 1.165) is 37.5 Å². The molecule has 1 amide bonds. The van der Waals surface area contributed by atoms with Crippen molar-refractivity contribution in [2.75, 3.05) is 11.9 Å². The Hall–Kier alpha value is -1.58. The van der Waals surface area contributed by atoms with Gasteiger partial charge >= 0.3 is 0 Å². The SMILES string of the molecule is CCCNc1cccc(C(=O)NC2CCCC(CC)C2)n1. The molecule has 2 atom stereocenters. The number of amides is 1. The summed E-state index contributed by atoms with van der Waals surface area (Å²) in [5.41, 5.74) is 0.509. The van der Waals surface area contributed by atoms with Gasteiger partial charge in [0, 0.05) is 12.6 Å². The van der Waals surface area contributed by atoms with Gasteiger partial charge in [-0.15, -0.1) is 0 Å². The molecule has 1 heterocycles. The van der Waals surface area contributed by atoms with Crippen LogP contribution in [0.5, 0.6) is 0 Å². The highest BCUT2D eigenvalue weighted by Crippen LogP contribution is 2.26. The van der Waals surface area contributed by atoms with E-state index in [0.29, 0.717) is 11.7 Å². The summed E-state index contributed by atoms with van der Waals surface area (Å²) in [6.07, 6.45) is 6.97. The lowest BCUT2D eigenvalue weighted by Crippen LogP contribution is -2.38. The lowest BCUT2D eigenvalue weighted by Gasteiger charge is -2.29. The molecule has 2 rings (SSSR count). The third-order valence-electron chi connectivity index (χ3n) is 4.23. The van der Waals surface area contributed by atoms with Crippen molar-refractivity contribution in [1.29, 1.82) is 0 Å². The summed E-state index contributed by atoms with van der Waals surface area (Å²) < 4.78 is 0. The first-order valence-electron chi connectivity index (χ1n) is 8.24. The Balaban J connectivity index is 1.93. The van der Waals surface area contributed by atoms with Crippen LogP contribution in [-0.2, 0) is 0 Å². The third-order valence-corrected chi connectivity index (χ3v) is 4.23. The van der Waals surface area contributed by atoms with Gasteiger partial charge in [-0.3, -0.25) is 4.79 Å². The molecule has 4 heteroatoms. The molecule has 116 valence electrons. The predicted octanol–water partition coefficient (Wildman–Crippen LogP) is 3.60. The lowest BCUT2D eigenvalue weighted by atomic mass is 9.84. The number of nitrogens with zero attached hydrogens (tertiary/aromatic N) is 1. The van der Waals surface area contributed by atoms with Crippen LogP contribution in [0.25, 0.3) is 0 Å². The standard InChI is InChI=1S/C17H27N3O/c1-3-11-18-16-10-6-9-15(20-16)17(21)19-14-8-5-7-13(4-2)12-14/h6,9-10,13-14H,3-5,7-8,11-12H2,1-2H3,(H,18,20)(H,19,21). The van der Waals surface area contributed by atoms with Gasteiger partial charge in [-0.2, -0.15) is 0 Å². The number of rotatable bonds is 6. The van der Waals surface area contributed by atoms with Crippen molar-refractivity contribution in [2.45, 2.75) is 58.4 Å². The van der Waals surface area contributed by atoms with E-state index < -0.39 is 0 Å². The van der Waals surface area contributed by atoms with Gasteiger partial charge in [-0.1, -0.05) is 39.2 Å². The average molecular weight is 289 g/mol. The summed E-state index contributed by atoms with van der Waals surface area (Å²) in [6.45, 7) is 5.22. The highest BCUT2D eigenvalue weighted by atomic mass is 16.1. The first-order chi connectivity index (χ1) is 10.2. The van der Waals surface area contributed by atoms with Crippen molar-refractivity contribution in [3.05, 3.63) is 23.9 Å². The predicted molar refractivity (Wildman–Crippen MR) is 86.5 cm³/mol. The van der Waals surface area contributed by atoms with Crippen LogP contribution in [-0.4, -0.2) is 23.5 Å². The van der Waals surface area contributed by atoms with Crippen molar-refractivity contribution >= 4 is 11.7 Å². The van der Waals surface area contributed by atoms with Crippen LogP contribution < -0.4 is 10.6 Å². The van der Waals surface area contributed by atoms with E-state index in [1.807, 2.05) is 12.1 Å². The molecular formula is C17H27N3O. The molecule has 1 aromatic heterocycles. The Morgan fingerprint density at radius 3 is 2.95 bits per heavy atom. The Morgan fingerprint density at radius 2 is 2.19 bits per heavy atom. The van der Waals surface area contributed by atoms with Gasteiger partial charge in [0.05, 0.1) is 0 Å². The molecule has 1 aromatic rings. The molecule has 0 radical (unpaired) electrons. The van der Waals surface area contributed by atoms with Crippen molar-refractivity contribution in [1.82, 2.24) is 10.3 Å². The van der Waals surface area contributed by atoms with Crippen molar-refractivity contribution < 1.29 is 4.79 Å². The minimum absolute atomic E-state index is 0.0445. The van der Waals surface area contributed by atoms with Crippen molar-refractivity contribution in [3.63, 3.8) is 0 Å². The Morgan fingerprint density at radius 1 is 1.33 bits per heavy atom. The van der Waals surface area contributed by atoms with Gasteiger partial charge in [-0.05, 0) is 37.3 Å². The Bertz CT molecular complexity index is 461. The lowest BCUT2D eigenvalue weighted by molar-refractivity contribution is 0.0914. The van der Waals surface area contributed by atoms with Crippen LogP contribution in [0.1, 0.15) is 62.9 Å². The maximum Gasteiger partial charge on any atom is 0.270 e. The normalized spacial score (nSPS) is 21.8. The highest BCUT2D eigenvalue weighted by molar-refractivity contribution is 5.92. The quantitative estimate of drug-likeness (QED) is 0.841. The van der Waals surface area contributed by atoms with E-state index in [4.69, 9.17) is 0 Å². The second kappa shape index (κ2) is 8.01. The smallest absolute Gasteiger partial charge is 0.270 e. The number of carbonyl (C=O) groups excluding carboxylic acids is 1. The molecule has 0 saturated heterocycles. The minimum Gasteiger partial charge on any atom is -0.370 e. The fourth-order valence-electron chi connectivity index (χ4n) is 2.96. The zero-order valence-corrected chi connectivity index (χ0v) is 13.2. The van der Waals surface area contributed by atoms with E-state index in [-0.39, 0.29) is 5.91 Å². The molecular weight excluding hydrogens is 262 g/mol. The van der Waals surface area contributed by atoms with Crippen LogP contribution in [0.3, 0.4) is 0 Å². The summed E-state index contributed by atoms with van der Waals surface area (Å²) in [5.74, 6) is 1.49. The number of hydrogen-bond donors (Lipinski definition) is 2. The maximum absolute atomic E-state index is 12.3. The van der Waals surface area contributed by atoms with Crippen LogP contribution in [0.4, 0.5) is 5.82 Å². The molecule has 2 unspecified atom stereocenters. The Labute approximate surface area is 127 Å². The third kappa shape index (κ3) is 4.73. The molecule has 21 heavy (non-hydrogen) atoms. The van der Waals surface area contributed by atoms with Crippen LogP contribution >= 0.6 is 0 Å². The molecule has 0 aliphatic heterocycles. The van der Waals surface area contributed by atoms with E-state index in [2.05, 4.69) is 29.5 Å². The number of carbonyl (C=O) groups is 1. The fraction of sp³-hybridized carbons (Fsp3) is 0.647. The topological polar surface area (TPSA) is 54.0 Å². The second-order valence-electron chi connectivity index (χ2n) is 5.95. The minimum atomic E-state index is -0.0445. The molecule has 1 aliphatic rings. The van der Waals surface area contributed by atoms with Gasteiger partial charge in [0.1, 0.15) is 11.5 Å². The first kappa shape index (κ1) is 15.8. The maximum atomic E-state index is 12.3. The zero-order valence-electron chi connectivity index (χ0n) is 13.2. The van der Waals surface area contributed by atoms with E-state index in [1.54, 1.807) is 6.07 Å². The fourth-order valence-corrected chi connectivity index (χ4v) is 2.96. The summed E-state index contributed by atoms with van der Waals surface area (Å²) in [4.78, 5) is 16.7. The average Bonchev–Trinajstić information content (AvgIpc) is 2.53. The van der Waals surface area contributed by atoms with Crippen molar-refractivity contribution in [3.8, 4) is 0 Å². The van der Waals surface area contributed by atoms with E-state index >= 15 is 0 Å². The Kier molecular flexibility index (Phi) is 6.03. The van der Waals surface area contributed by atoms with Gasteiger partial charge in [0.15, 0.2) is 0 Å². The van der Waals surface area contributed by atoms with Crippen molar-refractivity contribution in [2.24, 2.45) is 5.92 Å². The van der Waals surface area contributed by atoms with Crippen LogP contribution in [0.15, 0.2) is 18.2 Å². The van der Waals surface area contributed by atoms with Gasteiger partial charge in [0.25, 0.3) is 5.91 Å². The zero-order chi connectivity index (χ0) is 15.1. The second-order valence-corrected chi connectivity index (χ2v) is 5.95. The van der Waals surface area contributed by atoms with Crippen LogP contribution in [0.2, 0.25) is 0 Å². The number of pyridine rings is 1. The molecule has 0 aromatic carbocycles. The van der Waals surface area contributed by atoms with Gasteiger partial charge in [0.2, 0.25) is 0 Å². The number of anilines is 1. The van der Waals surface area contributed by atoms with E-state index in [9.17, 15) is 4.79 Å². The largest absolute Gasteiger partial charge is 0.370 e. The van der Waals surface area contributed by atoms with Gasteiger partial charge < -0.3 is 10.6 Å². The first-order valence-corrected chi connectivity index (χ1v) is 8.24. The van der Waals surface area contributed by atoms with Gasteiger partial charge in [-0.25, -0.2) is 4.98 Å². The molecule has 0 spiro atoms. The summed E-state index contributed by atoms with van der Waals surface area (Å²) in [6, 6.07) is 5.88.